The van der Waals surface area contributed by atoms with E-state index in [1.165, 1.54) is 43.2 Å². The fourth-order valence-corrected chi connectivity index (χ4v) is 7.70. The first kappa shape index (κ1) is 22.7. The normalized spacial score (nSPS) is 24.4. The smallest absolute Gasteiger partial charge is 0.352 e. The van der Waals surface area contributed by atoms with Crippen molar-refractivity contribution >= 4 is 33.2 Å². The van der Waals surface area contributed by atoms with Crippen LogP contribution in [0.2, 0.25) is 0 Å². The number of carboxylic acids is 1. The number of fused-ring (bicyclic) bond motifs is 2. The summed E-state index contributed by atoms with van der Waals surface area (Å²) in [5, 5.41) is 13.4. The van der Waals surface area contributed by atoms with Gasteiger partial charge in [0, 0.05) is 16.3 Å². The van der Waals surface area contributed by atoms with Crippen molar-refractivity contribution in [1.82, 2.24) is 4.98 Å². The quantitative estimate of drug-likeness (QED) is 0.259. The summed E-state index contributed by atoms with van der Waals surface area (Å²) in [7, 11) is 0. The predicted molar refractivity (Wildman–Crippen MR) is 148 cm³/mol. The molecule has 0 amide bonds. The summed E-state index contributed by atoms with van der Waals surface area (Å²) in [6.07, 6.45) is 10.6. The Morgan fingerprint density at radius 3 is 2.49 bits per heavy atom. The Labute approximate surface area is 217 Å². The summed E-state index contributed by atoms with van der Waals surface area (Å²) in [4.78, 5) is 15.6. The molecule has 2 unspecified atom stereocenters. The van der Waals surface area contributed by atoms with Gasteiger partial charge < -0.3 is 14.8 Å². The van der Waals surface area contributed by atoms with Crippen molar-refractivity contribution in [3.63, 3.8) is 0 Å². The highest BCUT2D eigenvalue weighted by atomic mass is 16.5. The topological polar surface area (TPSA) is 62.3 Å². The first-order chi connectivity index (χ1) is 18.1. The maximum absolute atomic E-state index is 12.3. The molecule has 4 aliphatic carbocycles. The second-order valence-electron chi connectivity index (χ2n) is 11.4. The van der Waals surface area contributed by atoms with Crippen LogP contribution in [0.25, 0.3) is 27.2 Å². The standard InChI is InChI=1S/C33H33NO3/c35-33(36)32-27(11-5-13-37-30-12-3-7-23-6-1-2-8-25(23)30)26-9-4-10-28(31(26)34-32)29-19-22-15-20-14-21(16-22)18-24(29)17-20/h1-4,6-10,12,19-22,24,34H,5,11,13-18H2,(H,35,36). The van der Waals surface area contributed by atoms with Gasteiger partial charge in [-0.1, -0.05) is 60.7 Å². The number of nitrogens with one attached hydrogen (secondary N) is 1. The lowest BCUT2D eigenvalue weighted by atomic mass is 9.66. The third kappa shape index (κ3) is 4.03. The van der Waals surface area contributed by atoms with Crippen LogP contribution >= 0.6 is 0 Å². The van der Waals surface area contributed by atoms with Crippen LogP contribution in [0, 0.1) is 23.7 Å². The molecule has 4 aliphatic rings. The molecule has 0 aliphatic heterocycles. The third-order valence-electron chi connectivity index (χ3n) is 9.07. The van der Waals surface area contributed by atoms with E-state index < -0.39 is 5.97 Å². The number of aromatic nitrogens is 1. The van der Waals surface area contributed by atoms with Gasteiger partial charge in [0.05, 0.1) is 12.1 Å². The summed E-state index contributed by atoms with van der Waals surface area (Å²) < 4.78 is 6.16. The molecule has 37 heavy (non-hydrogen) atoms. The van der Waals surface area contributed by atoms with Crippen molar-refractivity contribution in [3.8, 4) is 5.75 Å². The average molecular weight is 492 g/mol. The minimum atomic E-state index is -0.887. The summed E-state index contributed by atoms with van der Waals surface area (Å²) in [6, 6.07) is 20.7. The number of carbonyl (C=O) groups is 1. The molecule has 1 heterocycles. The number of rotatable bonds is 7. The summed E-state index contributed by atoms with van der Waals surface area (Å²) in [5.41, 5.74) is 4.90. The maximum atomic E-state index is 12.3. The van der Waals surface area contributed by atoms with Gasteiger partial charge in [-0.25, -0.2) is 4.79 Å². The number of aromatic amines is 1. The first-order valence-corrected chi connectivity index (χ1v) is 13.8. The number of hydrogen-bond acceptors (Lipinski definition) is 2. The summed E-state index contributed by atoms with van der Waals surface area (Å²) in [6.45, 7) is 0.539. The average Bonchev–Trinajstić information content (AvgIpc) is 3.17. The number of para-hydroxylation sites is 1. The zero-order valence-electron chi connectivity index (χ0n) is 21.1. The number of H-pyrrole nitrogens is 1. The van der Waals surface area contributed by atoms with Crippen molar-refractivity contribution < 1.29 is 14.6 Å². The number of hydrogen-bond donors (Lipinski definition) is 2. The molecule has 4 heteroatoms. The number of benzene rings is 3. The molecule has 8 rings (SSSR count). The number of aromatic carboxylic acids is 1. The van der Waals surface area contributed by atoms with Crippen LogP contribution in [0.15, 0.2) is 66.7 Å². The molecule has 1 aromatic heterocycles. The minimum absolute atomic E-state index is 0.327. The molecule has 4 bridgehead atoms. The monoisotopic (exact) mass is 491 g/mol. The largest absolute Gasteiger partial charge is 0.493 e. The molecule has 0 radical (unpaired) electrons. The van der Waals surface area contributed by atoms with Crippen molar-refractivity contribution in [2.45, 2.75) is 44.9 Å². The molecule has 3 aromatic carbocycles. The molecule has 4 nitrogen and oxygen atoms in total. The number of carboxylic acid groups (broad SMARTS) is 1. The molecule has 4 aromatic rings. The van der Waals surface area contributed by atoms with Gasteiger partial charge in [-0.15, -0.1) is 0 Å². The Morgan fingerprint density at radius 2 is 1.65 bits per heavy atom. The minimum Gasteiger partial charge on any atom is -0.493 e. The van der Waals surface area contributed by atoms with Gasteiger partial charge in [-0.2, -0.15) is 0 Å². The molecule has 2 fully saturated rings. The van der Waals surface area contributed by atoms with Crippen molar-refractivity contribution in [3.05, 3.63) is 83.6 Å². The van der Waals surface area contributed by atoms with Gasteiger partial charge in [-0.05, 0) is 91.2 Å². The lowest BCUT2D eigenvalue weighted by Crippen LogP contribution is -2.27. The van der Waals surface area contributed by atoms with Gasteiger partial charge in [0.25, 0.3) is 0 Å². The summed E-state index contributed by atoms with van der Waals surface area (Å²) in [5.74, 6) is 3.01. The predicted octanol–water partition coefficient (Wildman–Crippen LogP) is 7.87. The van der Waals surface area contributed by atoms with E-state index in [9.17, 15) is 9.90 Å². The lowest BCUT2D eigenvalue weighted by Gasteiger charge is -2.39. The SMILES string of the molecule is O=C(O)c1[nH]c2c(C3=CC4CC5CC(C4)CC3C5)cccc2c1CCCOc1cccc2ccccc12. The van der Waals surface area contributed by atoms with Crippen LogP contribution in [-0.4, -0.2) is 22.7 Å². The van der Waals surface area contributed by atoms with Crippen LogP contribution in [0.5, 0.6) is 5.75 Å². The van der Waals surface area contributed by atoms with Gasteiger partial charge in [0.2, 0.25) is 0 Å². The van der Waals surface area contributed by atoms with E-state index in [0.717, 1.165) is 51.2 Å². The van der Waals surface area contributed by atoms with Gasteiger partial charge in [0.15, 0.2) is 0 Å². The van der Waals surface area contributed by atoms with Crippen molar-refractivity contribution in [1.29, 1.82) is 0 Å². The van der Waals surface area contributed by atoms with E-state index in [2.05, 4.69) is 47.5 Å². The third-order valence-corrected chi connectivity index (χ3v) is 9.07. The van der Waals surface area contributed by atoms with Gasteiger partial charge in [-0.3, -0.25) is 0 Å². The molecule has 0 spiro atoms. The van der Waals surface area contributed by atoms with E-state index in [-0.39, 0.29) is 0 Å². The molecular formula is C33H33NO3. The van der Waals surface area contributed by atoms with Crippen molar-refractivity contribution in [2.24, 2.45) is 23.7 Å². The van der Waals surface area contributed by atoms with E-state index in [0.29, 0.717) is 30.6 Å². The highest BCUT2D eigenvalue weighted by Crippen LogP contribution is 2.53. The molecule has 0 saturated heterocycles. The second-order valence-corrected chi connectivity index (χ2v) is 11.4. The Bertz CT molecular complexity index is 1510. The molecule has 2 N–H and O–H groups in total. The van der Waals surface area contributed by atoms with Gasteiger partial charge in [0.1, 0.15) is 11.4 Å². The number of aryl methyl sites for hydroxylation is 1. The fraction of sp³-hybridized carbons (Fsp3) is 0.364. The zero-order valence-corrected chi connectivity index (χ0v) is 21.1. The Morgan fingerprint density at radius 1 is 0.892 bits per heavy atom. The van der Waals surface area contributed by atoms with Crippen molar-refractivity contribution in [2.75, 3.05) is 6.61 Å². The van der Waals surface area contributed by atoms with Crippen LogP contribution in [0.4, 0.5) is 0 Å². The van der Waals surface area contributed by atoms with E-state index >= 15 is 0 Å². The Kier molecular flexibility index (Phi) is 5.57. The van der Waals surface area contributed by atoms with Crippen LogP contribution < -0.4 is 4.74 Å². The fourth-order valence-electron chi connectivity index (χ4n) is 7.70. The van der Waals surface area contributed by atoms with E-state index in [1.54, 1.807) is 0 Å². The highest BCUT2D eigenvalue weighted by Gasteiger charge is 2.40. The summed E-state index contributed by atoms with van der Waals surface area (Å²) >= 11 is 0. The second kappa shape index (κ2) is 9.09. The highest BCUT2D eigenvalue weighted by molar-refractivity contribution is 6.01. The van der Waals surface area contributed by atoms with Crippen LogP contribution in [0.3, 0.4) is 0 Å². The Hall–Kier alpha value is -3.53. The Balaban J connectivity index is 1.17. The van der Waals surface area contributed by atoms with E-state index in [4.69, 9.17) is 4.74 Å². The number of ether oxygens (including phenoxy) is 1. The number of allylic oxidation sites excluding steroid dienone is 2. The first-order valence-electron chi connectivity index (χ1n) is 13.8. The zero-order chi connectivity index (χ0) is 24.9. The molecule has 2 atom stereocenters. The van der Waals surface area contributed by atoms with E-state index in [1.807, 2.05) is 24.3 Å². The van der Waals surface area contributed by atoms with Crippen LogP contribution in [0.1, 0.15) is 60.1 Å². The maximum Gasteiger partial charge on any atom is 0.352 e. The molecule has 2 saturated carbocycles. The molecular weight excluding hydrogens is 458 g/mol. The lowest BCUT2D eigenvalue weighted by molar-refractivity contribution is 0.0690. The molecule has 188 valence electrons. The van der Waals surface area contributed by atoms with Gasteiger partial charge >= 0.3 is 5.97 Å². The van der Waals surface area contributed by atoms with Crippen LogP contribution in [-0.2, 0) is 6.42 Å².